The van der Waals surface area contributed by atoms with Gasteiger partial charge in [0.25, 0.3) is 0 Å². The minimum Gasteiger partial charge on any atom is -0.508 e. The van der Waals surface area contributed by atoms with Crippen molar-refractivity contribution in [2.75, 3.05) is 7.11 Å². The zero-order valence-electron chi connectivity index (χ0n) is 33.2. The number of fused-ring (bicyclic) bond motifs is 3. The van der Waals surface area contributed by atoms with Crippen LogP contribution in [0.4, 0.5) is 0 Å². The first-order valence-corrected chi connectivity index (χ1v) is 19.6. The molecule has 0 unspecified atom stereocenters. The lowest BCUT2D eigenvalue weighted by molar-refractivity contribution is -0.00562. The maximum atomic E-state index is 12.5. The fraction of sp³-hybridized carbons (Fsp3) is 0.217. The van der Waals surface area contributed by atoms with E-state index in [0.717, 1.165) is 48.5 Å². The molecule has 18 nitrogen and oxygen atoms in total. The van der Waals surface area contributed by atoms with Crippen LogP contribution >= 0.6 is 0 Å². The first-order valence-electron chi connectivity index (χ1n) is 19.6. The van der Waals surface area contributed by atoms with Gasteiger partial charge in [0.2, 0.25) is 0 Å². The Hall–Kier alpha value is -7.80. The Labute approximate surface area is 361 Å². The van der Waals surface area contributed by atoms with E-state index in [1.807, 2.05) is 0 Å². The molecule has 6 aromatic rings. The molecule has 332 valence electrons. The summed E-state index contributed by atoms with van der Waals surface area (Å²) in [7, 11) is 1.34. The van der Waals surface area contributed by atoms with Gasteiger partial charge >= 0.3 is 0 Å². The number of phenolic OH excluding ortho intramolecular Hbond substituents is 11. The van der Waals surface area contributed by atoms with Crippen LogP contribution in [0.3, 0.4) is 0 Å². The number of phenols is 11. The summed E-state index contributed by atoms with van der Waals surface area (Å²) in [6.07, 6.45) is -9.76. The van der Waals surface area contributed by atoms with E-state index in [1.54, 1.807) is 0 Å². The van der Waals surface area contributed by atoms with Crippen molar-refractivity contribution < 1.29 is 90.4 Å². The maximum Gasteiger partial charge on any atom is 0.160 e. The highest BCUT2D eigenvalue weighted by atomic mass is 16.5. The molecule has 0 saturated carbocycles. The Kier molecular flexibility index (Phi) is 9.88. The number of aliphatic hydroxyl groups is 3. The number of aromatic hydroxyl groups is 11. The number of rotatable bonds is 6. The average molecular weight is 881 g/mol. The molecular formula is C46H40O18. The zero-order valence-corrected chi connectivity index (χ0v) is 33.2. The van der Waals surface area contributed by atoms with Gasteiger partial charge in [-0.25, -0.2) is 0 Å². The smallest absolute Gasteiger partial charge is 0.160 e. The molecule has 3 aliphatic rings. The van der Waals surface area contributed by atoms with Crippen LogP contribution in [-0.2, 0) is 6.42 Å². The van der Waals surface area contributed by atoms with Gasteiger partial charge in [0.15, 0.2) is 46.7 Å². The van der Waals surface area contributed by atoms with Gasteiger partial charge in [-0.1, -0.05) is 18.2 Å². The Balaban J connectivity index is 1.30. The second-order valence-corrected chi connectivity index (χ2v) is 15.8. The van der Waals surface area contributed by atoms with Gasteiger partial charge in [0.1, 0.15) is 70.1 Å². The SMILES string of the molecule is COc1ccc([C@H]2Oc3c(c(O)cc(O)c3[C@H]3c4c(O)cc(O)c([C@H]5c6c(O)cc(O)cc6O[C@H](c6ccc(O)c(O)c6)[C@@H]5O)c4O[C@H](c4ccc(O)c(O)c4)[C@@H]3O)C[C@H]2O)cc1O. The number of methoxy groups -OCH3 is 1. The summed E-state index contributed by atoms with van der Waals surface area (Å²) in [5.41, 5.74) is -0.888. The van der Waals surface area contributed by atoms with Crippen molar-refractivity contribution in [3.05, 3.63) is 123 Å². The molecule has 0 aromatic heterocycles. The summed E-state index contributed by atoms with van der Waals surface area (Å²) in [5, 5.41) is 157. The van der Waals surface area contributed by atoms with E-state index in [1.165, 1.54) is 37.4 Å². The molecule has 6 aromatic carbocycles. The van der Waals surface area contributed by atoms with Crippen LogP contribution in [0.25, 0.3) is 0 Å². The predicted molar refractivity (Wildman–Crippen MR) is 219 cm³/mol. The van der Waals surface area contributed by atoms with Crippen molar-refractivity contribution in [1.29, 1.82) is 0 Å². The summed E-state index contributed by atoms with van der Waals surface area (Å²) in [4.78, 5) is 0. The van der Waals surface area contributed by atoms with E-state index in [0.29, 0.717) is 0 Å². The van der Waals surface area contributed by atoms with Crippen LogP contribution in [0.5, 0.6) is 86.2 Å². The van der Waals surface area contributed by atoms with Gasteiger partial charge < -0.3 is 90.4 Å². The van der Waals surface area contributed by atoms with Gasteiger partial charge in [0, 0.05) is 58.5 Å². The van der Waals surface area contributed by atoms with E-state index >= 15 is 0 Å². The highest BCUT2D eigenvalue weighted by Crippen LogP contribution is 2.62. The Morgan fingerprint density at radius 3 is 1.47 bits per heavy atom. The number of benzene rings is 6. The van der Waals surface area contributed by atoms with E-state index in [-0.39, 0.29) is 73.9 Å². The first kappa shape index (κ1) is 41.5. The van der Waals surface area contributed by atoms with E-state index < -0.39 is 112 Å². The number of ether oxygens (including phenoxy) is 4. The lowest BCUT2D eigenvalue weighted by Gasteiger charge is -2.43. The van der Waals surface area contributed by atoms with Crippen LogP contribution in [0, 0.1) is 0 Å². The van der Waals surface area contributed by atoms with Gasteiger partial charge in [-0.15, -0.1) is 0 Å². The topological polar surface area (TPSA) is 320 Å². The van der Waals surface area contributed by atoms with Crippen LogP contribution in [0.1, 0.15) is 74.7 Å². The van der Waals surface area contributed by atoms with Crippen molar-refractivity contribution >= 4 is 0 Å². The number of hydrogen-bond acceptors (Lipinski definition) is 18. The number of aliphatic hydroxyl groups excluding tert-OH is 3. The predicted octanol–water partition coefficient (Wildman–Crippen LogP) is 4.75. The summed E-state index contributed by atoms with van der Waals surface area (Å²) < 4.78 is 24.1. The fourth-order valence-corrected chi connectivity index (χ4v) is 9.11. The van der Waals surface area contributed by atoms with Gasteiger partial charge in [-0.3, -0.25) is 0 Å². The minimum atomic E-state index is -1.89. The second-order valence-electron chi connectivity index (χ2n) is 15.8. The van der Waals surface area contributed by atoms with Crippen LogP contribution in [0.15, 0.2) is 78.9 Å². The highest BCUT2D eigenvalue weighted by molar-refractivity contribution is 5.70. The quantitative estimate of drug-likeness (QED) is 0.100. The molecule has 0 spiro atoms. The lowest BCUT2D eigenvalue weighted by Crippen LogP contribution is -2.39. The molecule has 0 aliphatic carbocycles. The summed E-state index contributed by atoms with van der Waals surface area (Å²) in [5.74, 6) is -10.5. The fourth-order valence-electron chi connectivity index (χ4n) is 9.11. The molecule has 0 amide bonds. The third kappa shape index (κ3) is 6.54. The number of hydrogen-bond donors (Lipinski definition) is 14. The molecule has 0 saturated heterocycles. The van der Waals surface area contributed by atoms with Crippen molar-refractivity contribution in [3.8, 4) is 86.2 Å². The molecule has 9 rings (SSSR count). The molecule has 0 fully saturated rings. The third-order valence-corrected chi connectivity index (χ3v) is 12.0. The van der Waals surface area contributed by atoms with Crippen molar-refractivity contribution in [3.63, 3.8) is 0 Å². The molecule has 0 bridgehead atoms. The van der Waals surface area contributed by atoms with Crippen molar-refractivity contribution in [2.45, 2.75) is 54.9 Å². The molecule has 18 heteroatoms. The van der Waals surface area contributed by atoms with Gasteiger partial charge in [0.05, 0.1) is 25.0 Å². The molecule has 8 atom stereocenters. The molecule has 64 heavy (non-hydrogen) atoms. The standard InChI is InChI=1S/C46H40O18/c1-61-32-7-4-16(10-26(32)53)42-31(58)13-20-23(50)14-28(55)35(45(20)63-42)39-37-30(57)15-29(56)36(46(37)64-44(41(39)60)18-3-6-22(49)25(52)9-18)38-34-27(54)11-19(47)12-33(34)62-43(40(38)59)17-2-5-21(48)24(51)8-17/h2-12,14-15,31,38-44,47-60H,13H2,1H3/t31-,38-,39+,40-,41-,42-,43-,44-/m1/s1. The minimum absolute atomic E-state index is 0.000402. The van der Waals surface area contributed by atoms with Gasteiger partial charge in [-0.2, -0.15) is 0 Å². The molecular weight excluding hydrogens is 840 g/mol. The summed E-state index contributed by atoms with van der Waals surface area (Å²) >= 11 is 0. The van der Waals surface area contributed by atoms with Crippen LogP contribution < -0.4 is 18.9 Å². The average Bonchev–Trinajstić information content (AvgIpc) is 3.24. The van der Waals surface area contributed by atoms with E-state index in [9.17, 15) is 71.5 Å². The molecule has 0 radical (unpaired) electrons. The Bertz CT molecular complexity index is 2860. The maximum absolute atomic E-state index is 12.5. The first-order chi connectivity index (χ1) is 30.5. The molecule has 3 aliphatic heterocycles. The Morgan fingerprint density at radius 1 is 0.438 bits per heavy atom. The van der Waals surface area contributed by atoms with E-state index in [4.69, 9.17) is 18.9 Å². The lowest BCUT2D eigenvalue weighted by atomic mass is 9.73. The van der Waals surface area contributed by atoms with Crippen LogP contribution in [0.2, 0.25) is 0 Å². The van der Waals surface area contributed by atoms with Crippen molar-refractivity contribution in [2.24, 2.45) is 0 Å². The molecule has 3 heterocycles. The second kappa shape index (κ2) is 15.2. The van der Waals surface area contributed by atoms with Crippen LogP contribution in [-0.4, -0.2) is 96.9 Å². The highest BCUT2D eigenvalue weighted by Gasteiger charge is 2.51. The Morgan fingerprint density at radius 2 is 0.906 bits per heavy atom. The summed E-state index contributed by atoms with van der Waals surface area (Å²) in [6.45, 7) is 0. The van der Waals surface area contributed by atoms with Gasteiger partial charge in [-0.05, 0) is 53.1 Å². The normalized spacial score (nSPS) is 23.4. The monoisotopic (exact) mass is 880 g/mol. The molecule has 14 N–H and O–H groups in total. The third-order valence-electron chi connectivity index (χ3n) is 12.0. The van der Waals surface area contributed by atoms with E-state index in [2.05, 4.69) is 0 Å². The van der Waals surface area contributed by atoms with Crippen molar-refractivity contribution in [1.82, 2.24) is 0 Å². The zero-order chi connectivity index (χ0) is 45.6. The largest absolute Gasteiger partial charge is 0.508 e. The summed E-state index contributed by atoms with van der Waals surface area (Å²) in [6, 6.07) is 15.1.